The molecule has 0 aliphatic carbocycles. The first kappa shape index (κ1) is 13.3. The van der Waals surface area contributed by atoms with Crippen molar-refractivity contribution in [2.75, 3.05) is 38.1 Å². The van der Waals surface area contributed by atoms with E-state index >= 15 is 0 Å². The first-order valence-corrected chi connectivity index (χ1v) is 6.40. The van der Waals surface area contributed by atoms with Crippen LogP contribution < -0.4 is 10.6 Å². The van der Waals surface area contributed by atoms with E-state index in [4.69, 9.17) is 10.3 Å². The van der Waals surface area contributed by atoms with Crippen LogP contribution in [0.1, 0.15) is 32.7 Å². The summed E-state index contributed by atoms with van der Waals surface area (Å²) in [7, 11) is 2.12. The summed E-state index contributed by atoms with van der Waals surface area (Å²) in [5.41, 5.74) is 6.04. The predicted molar refractivity (Wildman–Crippen MR) is 70.4 cm³/mol. The highest BCUT2D eigenvalue weighted by Crippen LogP contribution is 2.30. The topological polar surface area (TPSA) is 71.4 Å². The molecule has 1 fully saturated rings. The van der Waals surface area contributed by atoms with Gasteiger partial charge in [0.25, 0.3) is 5.95 Å². The molecule has 0 radical (unpaired) electrons. The van der Waals surface area contributed by atoms with Gasteiger partial charge in [0, 0.05) is 26.2 Å². The highest BCUT2D eigenvalue weighted by atomic mass is 16.5. The second kappa shape index (κ2) is 4.85. The highest BCUT2D eigenvalue weighted by molar-refractivity contribution is 5.29. The Bertz CT molecular complexity index is 389. The Kier molecular flexibility index (Phi) is 3.59. The summed E-state index contributed by atoms with van der Waals surface area (Å²) in [6.45, 7) is 10.1. The van der Waals surface area contributed by atoms with Crippen LogP contribution in [-0.4, -0.2) is 48.3 Å². The summed E-state index contributed by atoms with van der Waals surface area (Å²) in [4.78, 5) is 8.86. The van der Waals surface area contributed by atoms with Crippen LogP contribution in [-0.2, 0) is 0 Å². The standard InChI is InChI=1S/C12H23N5O/c1-12(2,3)9(13)10-14-11(15-18-10)17-7-5-16(4)6-8-17/h9H,5-8,13H2,1-4H3. The Morgan fingerprint density at radius 1 is 1.22 bits per heavy atom. The van der Waals surface area contributed by atoms with Crippen LogP contribution in [0.2, 0.25) is 0 Å². The van der Waals surface area contributed by atoms with Crippen molar-refractivity contribution in [3.8, 4) is 0 Å². The number of rotatable bonds is 2. The van der Waals surface area contributed by atoms with E-state index in [1.165, 1.54) is 0 Å². The second-order valence-corrected chi connectivity index (χ2v) is 6.07. The molecule has 6 heteroatoms. The number of hydrogen-bond acceptors (Lipinski definition) is 6. The van der Waals surface area contributed by atoms with Crippen LogP contribution >= 0.6 is 0 Å². The molecule has 1 saturated heterocycles. The molecule has 0 aromatic carbocycles. The van der Waals surface area contributed by atoms with E-state index in [0.29, 0.717) is 11.8 Å². The van der Waals surface area contributed by atoms with Gasteiger partial charge in [0.15, 0.2) is 0 Å². The Labute approximate surface area is 108 Å². The third kappa shape index (κ3) is 2.81. The Balaban J connectivity index is 2.06. The van der Waals surface area contributed by atoms with Gasteiger partial charge in [-0.1, -0.05) is 20.8 Å². The summed E-state index contributed by atoms with van der Waals surface area (Å²) in [6, 6.07) is -0.230. The minimum atomic E-state index is -0.230. The van der Waals surface area contributed by atoms with Crippen LogP contribution in [0.5, 0.6) is 0 Å². The molecule has 1 atom stereocenters. The zero-order valence-corrected chi connectivity index (χ0v) is 11.7. The van der Waals surface area contributed by atoms with Crippen molar-refractivity contribution in [1.82, 2.24) is 15.0 Å². The molecule has 0 bridgehead atoms. The first-order valence-electron chi connectivity index (χ1n) is 6.40. The molecule has 1 aromatic heterocycles. The third-order valence-electron chi connectivity index (χ3n) is 3.42. The average molecular weight is 253 g/mol. The number of piperazine rings is 1. The smallest absolute Gasteiger partial charge is 0.266 e. The lowest BCUT2D eigenvalue weighted by Gasteiger charge is -2.31. The maximum absolute atomic E-state index is 6.11. The molecule has 2 heterocycles. The molecule has 0 spiro atoms. The SMILES string of the molecule is CN1CCN(c2noc(C(N)C(C)(C)C)n2)CC1. The third-order valence-corrected chi connectivity index (χ3v) is 3.42. The molecule has 1 aromatic rings. The van der Waals surface area contributed by atoms with Gasteiger partial charge in [0.2, 0.25) is 5.89 Å². The molecular weight excluding hydrogens is 230 g/mol. The van der Waals surface area contributed by atoms with Gasteiger partial charge >= 0.3 is 0 Å². The fourth-order valence-corrected chi connectivity index (χ4v) is 1.86. The number of nitrogens with two attached hydrogens (primary N) is 1. The van der Waals surface area contributed by atoms with Gasteiger partial charge in [-0.05, 0) is 17.6 Å². The van der Waals surface area contributed by atoms with Gasteiger partial charge in [0.05, 0.1) is 6.04 Å². The van der Waals surface area contributed by atoms with Crippen LogP contribution in [0.3, 0.4) is 0 Å². The molecule has 2 rings (SSSR count). The van der Waals surface area contributed by atoms with E-state index in [1.54, 1.807) is 0 Å². The maximum atomic E-state index is 6.11. The summed E-state index contributed by atoms with van der Waals surface area (Å²) in [5.74, 6) is 1.19. The summed E-state index contributed by atoms with van der Waals surface area (Å²) >= 11 is 0. The fraction of sp³-hybridized carbons (Fsp3) is 0.833. The zero-order valence-electron chi connectivity index (χ0n) is 11.7. The van der Waals surface area contributed by atoms with Crippen LogP contribution in [0.25, 0.3) is 0 Å². The molecular formula is C12H23N5O. The van der Waals surface area contributed by atoms with Gasteiger partial charge in [-0.15, -0.1) is 0 Å². The Hall–Kier alpha value is -1.14. The lowest BCUT2D eigenvalue weighted by Crippen LogP contribution is -2.45. The van der Waals surface area contributed by atoms with Crippen LogP contribution in [0.15, 0.2) is 4.52 Å². The lowest BCUT2D eigenvalue weighted by atomic mass is 9.87. The van der Waals surface area contributed by atoms with E-state index < -0.39 is 0 Å². The van der Waals surface area contributed by atoms with Crippen LogP contribution in [0.4, 0.5) is 5.95 Å². The van der Waals surface area contributed by atoms with Gasteiger partial charge in [-0.25, -0.2) is 0 Å². The molecule has 6 nitrogen and oxygen atoms in total. The predicted octanol–water partition coefficient (Wildman–Crippen LogP) is 0.867. The van der Waals surface area contributed by atoms with Gasteiger partial charge in [-0.2, -0.15) is 4.98 Å². The highest BCUT2D eigenvalue weighted by Gasteiger charge is 2.28. The number of aromatic nitrogens is 2. The number of nitrogens with zero attached hydrogens (tertiary/aromatic N) is 4. The normalized spacial score (nSPS) is 20.2. The van der Waals surface area contributed by atoms with E-state index in [1.807, 2.05) is 0 Å². The summed E-state index contributed by atoms with van der Waals surface area (Å²) in [6.07, 6.45) is 0. The Morgan fingerprint density at radius 2 is 1.83 bits per heavy atom. The average Bonchev–Trinajstić information content (AvgIpc) is 2.77. The van der Waals surface area contributed by atoms with E-state index in [0.717, 1.165) is 26.2 Å². The molecule has 1 aliphatic heterocycles. The van der Waals surface area contributed by atoms with Crippen molar-refractivity contribution < 1.29 is 4.52 Å². The lowest BCUT2D eigenvalue weighted by molar-refractivity contribution is 0.252. The van der Waals surface area contributed by atoms with Crippen molar-refractivity contribution in [3.05, 3.63) is 5.89 Å². The molecule has 1 aliphatic rings. The van der Waals surface area contributed by atoms with Crippen LogP contribution in [0, 0.1) is 5.41 Å². The van der Waals surface area contributed by atoms with Crippen molar-refractivity contribution >= 4 is 5.95 Å². The van der Waals surface area contributed by atoms with Gasteiger partial charge in [0.1, 0.15) is 0 Å². The monoisotopic (exact) mass is 253 g/mol. The molecule has 0 saturated carbocycles. The molecule has 102 valence electrons. The second-order valence-electron chi connectivity index (χ2n) is 6.07. The Morgan fingerprint density at radius 3 is 2.39 bits per heavy atom. The van der Waals surface area contributed by atoms with E-state index in [-0.39, 0.29) is 11.5 Å². The van der Waals surface area contributed by atoms with E-state index in [9.17, 15) is 0 Å². The quantitative estimate of drug-likeness (QED) is 0.843. The summed E-state index contributed by atoms with van der Waals surface area (Å²) < 4.78 is 5.29. The summed E-state index contributed by atoms with van der Waals surface area (Å²) in [5, 5.41) is 4.04. The number of hydrogen-bond donors (Lipinski definition) is 1. The molecule has 1 unspecified atom stereocenters. The number of likely N-dealkylation sites (N-methyl/N-ethyl adjacent to an activating group) is 1. The van der Waals surface area contributed by atoms with Gasteiger partial charge < -0.3 is 20.1 Å². The van der Waals surface area contributed by atoms with E-state index in [2.05, 4.69) is 47.8 Å². The minimum Gasteiger partial charge on any atom is -0.336 e. The minimum absolute atomic E-state index is 0.0775. The van der Waals surface area contributed by atoms with Crippen molar-refractivity contribution in [3.63, 3.8) is 0 Å². The number of anilines is 1. The fourth-order valence-electron chi connectivity index (χ4n) is 1.86. The van der Waals surface area contributed by atoms with Gasteiger partial charge in [-0.3, -0.25) is 0 Å². The molecule has 18 heavy (non-hydrogen) atoms. The maximum Gasteiger partial charge on any atom is 0.266 e. The largest absolute Gasteiger partial charge is 0.336 e. The zero-order chi connectivity index (χ0) is 13.3. The molecule has 0 amide bonds. The van der Waals surface area contributed by atoms with Crippen molar-refractivity contribution in [1.29, 1.82) is 0 Å². The molecule has 2 N–H and O–H groups in total. The first-order chi connectivity index (χ1) is 8.38. The van der Waals surface area contributed by atoms with Crippen molar-refractivity contribution in [2.24, 2.45) is 11.1 Å². The van der Waals surface area contributed by atoms with Crippen molar-refractivity contribution in [2.45, 2.75) is 26.8 Å².